The Bertz CT molecular complexity index is 273. The van der Waals surface area contributed by atoms with Crippen molar-refractivity contribution in [3.05, 3.63) is 24.4 Å². The van der Waals surface area contributed by atoms with Gasteiger partial charge in [-0.05, 0) is 12.1 Å². The summed E-state index contributed by atoms with van der Waals surface area (Å²) < 4.78 is 10.7. The zero-order valence-electron chi connectivity index (χ0n) is 8.61. The topological polar surface area (TPSA) is 34.6 Å². The van der Waals surface area contributed by atoms with E-state index < -0.39 is 0 Å². The van der Waals surface area contributed by atoms with Gasteiger partial charge in [-0.3, -0.25) is 4.90 Å². The Kier molecular flexibility index (Phi) is 3.93. The molecule has 1 fully saturated rings. The van der Waals surface area contributed by atoms with E-state index in [0.29, 0.717) is 12.5 Å². The molecule has 1 aromatic rings. The fraction of sp³-hybridized carbons (Fsp3) is 0.545. The summed E-state index contributed by atoms with van der Waals surface area (Å²) in [4.78, 5) is 6.32. The molecule has 0 atom stereocenters. The van der Waals surface area contributed by atoms with E-state index in [1.807, 2.05) is 0 Å². The predicted octanol–water partition coefficient (Wildman–Crippen LogP) is 0.393. The van der Waals surface area contributed by atoms with Crippen LogP contribution in [-0.2, 0) is 4.74 Å². The molecular weight excluding hydrogens is 192 g/mol. The molecule has 1 aromatic heterocycles. The molecule has 1 saturated heterocycles. The summed E-state index contributed by atoms with van der Waals surface area (Å²) in [5.41, 5.74) is 0. The van der Waals surface area contributed by atoms with Gasteiger partial charge in [-0.1, -0.05) is 0 Å². The fourth-order valence-electron chi connectivity index (χ4n) is 1.45. The third-order valence-electron chi connectivity index (χ3n) is 2.28. The first kappa shape index (κ1) is 10.4. The molecule has 0 saturated carbocycles. The number of ether oxygens (including phenoxy) is 2. The van der Waals surface area contributed by atoms with E-state index in [1.54, 1.807) is 12.3 Å². The average Bonchev–Trinajstić information content (AvgIpc) is 2.32. The van der Waals surface area contributed by atoms with E-state index >= 15 is 0 Å². The third kappa shape index (κ3) is 3.49. The van der Waals surface area contributed by atoms with Crippen LogP contribution >= 0.6 is 0 Å². The Morgan fingerprint density at radius 1 is 1.47 bits per heavy atom. The Balaban J connectivity index is 1.66. The highest BCUT2D eigenvalue weighted by molar-refractivity contribution is 5.05. The lowest BCUT2D eigenvalue weighted by atomic mass is 10.4. The van der Waals surface area contributed by atoms with Gasteiger partial charge in [0.25, 0.3) is 0 Å². The van der Waals surface area contributed by atoms with Gasteiger partial charge in [0.1, 0.15) is 6.61 Å². The van der Waals surface area contributed by atoms with Crippen molar-refractivity contribution < 1.29 is 9.47 Å². The Labute approximate surface area is 89.8 Å². The van der Waals surface area contributed by atoms with E-state index in [-0.39, 0.29) is 0 Å². The van der Waals surface area contributed by atoms with Crippen molar-refractivity contribution in [2.24, 2.45) is 0 Å². The Hall–Kier alpha value is -1.13. The molecule has 15 heavy (non-hydrogen) atoms. The van der Waals surface area contributed by atoms with Crippen LogP contribution in [0.1, 0.15) is 0 Å². The zero-order chi connectivity index (χ0) is 10.3. The van der Waals surface area contributed by atoms with Crippen LogP contribution in [0.15, 0.2) is 12.3 Å². The molecular formula is C11H14N2O2. The molecule has 2 rings (SSSR count). The molecule has 4 heteroatoms. The van der Waals surface area contributed by atoms with Crippen LogP contribution in [0, 0.1) is 12.1 Å². The molecule has 0 amide bonds. The van der Waals surface area contributed by atoms with Crippen molar-refractivity contribution in [1.82, 2.24) is 9.88 Å². The molecule has 0 spiro atoms. The highest BCUT2D eigenvalue weighted by Gasteiger charge is 2.09. The number of hydrogen-bond acceptors (Lipinski definition) is 4. The van der Waals surface area contributed by atoms with Gasteiger partial charge in [-0.2, -0.15) is 0 Å². The van der Waals surface area contributed by atoms with Crippen LogP contribution < -0.4 is 4.74 Å². The van der Waals surface area contributed by atoms with Crippen LogP contribution in [0.25, 0.3) is 0 Å². The largest absolute Gasteiger partial charge is 0.476 e. The first-order valence-corrected chi connectivity index (χ1v) is 5.12. The van der Waals surface area contributed by atoms with Crippen LogP contribution in [0.4, 0.5) is 0 Å². The van der Waals surface area contributed by atoms with E-state index in [2.05, 4.69) is 22.0 Å². The second-order valence-electron chi connectivity index (χ2n) is 3.32. The van der Waals surface area contributed by atoms with Gasteiger partial charge in [0.15, 0.2) is 0 Å². The minimum atomic E-state index is 0.519. The van der Waals surface area contributed by atoms with Crippen molar-refractivity contribution in [3.8, 4) is 5.88 Å². The smallest absolute Gasteiger partial charge is 0.222 e. The molecule has 0 unspecified atom stereocenters. The number of pyridine rings is 1. The average molecular weight is 206 g/mol. The Morgan fingerprint density at radius 2 is 2.33 bits per heavy atom. The SMILES string of the molecule is [c]1[c]c(OCCN2CCOCC2)ncc1. The molecule has 0 aromatic carbocycles. The van der Waals surface area contributed by atoms with Crippen molar-refractivity contribution in [2.75, 3.05) is 39.5 Å². The summed E-state index contributed by atoms with van der Waals surface area (Å²) in [6.45, 7) is 5.17. The van der Waals surface area contributed by atoms with Gasteiger partial charge >= 0.3 is 0 Å². The van der Waals surface area contributed by atoms with Gasteiger partial charge in [-0.15, -0.1) is 0 Å². The molecule has 1 aliphatic rings. The number of rotatable bonds is 4. The molecule has 0 bridgehead atoms. The molecule has 0 aliphatic carbocycles. The maximum atomic E-state index is 5.43. The molecule has 4 nitrogen and oxygen atoms in total. The lowest BCUT2D eigenvalue weighted by Gasteiger charge is -2.26. The first-order chi connectivity index (χ1) is 7.45. The van der Waals surface area contributed by atoms with Gasteiger partial charge in [-0.25, -0.2) is 4.98 Å². The lowest BCUT2D eigenvalue weighted by Crippen LogP contribution is -2.38. The van der Waals surface area contributed by atoms with Crippen LogP contribution in [-0.4, -0.2) is 49.3 Å². The van der Waals surface area contributed by atoms with Crippen molar-refractivity contribution in [3.63, 3.8) is 0 Å². The Morgan fingerprint density at radius 3 is 3.07 bits per heavy atom. The molecule has 1 aliphatic heterocycles. The monoisotopic (exact) mass is 206 g/mol. The predicted molar refractivity (Wildman–Crippen MR) is 54.7 cm³/mol. The summed E-state index contributed by atoms with van der Waals surface area (Å²) >= 11 is 0. The van der Waals surface area contributed by atoms with E-state index in [9.17, 15) is 0 Å². The maximum Gasteiger partial charge on any atom is 0.222 e. The minimum Gasteiger partial charge on any atom is -0.476 e. The standard InChI is InChI=1S/C11H14N2O2/c1-2-4-12-11(3-1)15-10-7-13-5-8-14-9-6-13/h2,4H,5-10H2. The number of hydrogen-bond donors (Lipinski definition) is 0. The van der Waals surface area contributed by atoms with E-state index in [4.69, 9.17) is 9.47 Å². The van der Waals surface area contributed by atoms with Gasteiger partial charge in [0.05, 0.1) is 19.3 Å². The van der Waals surface area contributed by atoms with Crippen molar-refractivity contribution in [1.29, 1.82) is 0 Å². The lowest BCUT2D eigenvalue weighted by molar-refractivity contribution is 0.0320. The molecule has 80 valence electrons. The second kappa shape index (κ2) is 5.68. The minimum absolute atomic E-state index is 0.519. The summed E-state index contributed by atoms with van der Waals surface area (Å²) in [6.07, 6.45) is 1.65. The quantitative estimate of drug-likeness (QED) is 0.714. The van der Waals surface area contributed by atoms with E-state index in [0.717, 1.165) is 32.8 Å². The normalized spacial score (nSPS) is 17.6. The molecule has 0 N–H and O–H groups in total. The van der Waals surface area contributed by atoms with Crippen LogP contribution in [0.2, 0.25) is 0 Å². The summed E-state index contributed by atoms with van der Waals surface area (Å²) in [5, 5.41) is 0. The summed E-state index contributed by atoms with van der Waals surface area (Å²) in [6, 6.07) is 7.31. The van der Waals surface area contributed by atoms with Gasteiger partial charge < -0.3 is 9.47 Å². The zero-order valence-corrected chi connectivity index (χ0v) is 8.61. The van der Waals surface area contributed by atoms with Crippen molar-refractivity contribution >= 4 is 0 Å². The number of morpholine rings is 1. The van der Waals surface area contributed by atoms with Crippen molar-refractivity contribution in [2.45, 2.75) is 0 Å². The van der Waals surface area contributed by atoms with Gasteiger partial charge in [0, 0.05) is 25.8 Å². The summed E-state index contributed by atoms with van der Waals surface area (Å²) in [5.74, 6) is 0.519. The van der Waals surface area contributed by atoms with Gasteiger partial charge in [0.2, 0.25) is 5.88 Å². The van der Waals surface area contributed by atoms with E-state index in [1.165, 1.54) is 0 Å². The fourth-order valence-corrected chi connectivity index (χ4v) is 1.45. The van der Waals surface area contributed by atoms with Crippen LogP contribution in [0.3, 0.4) is 0 Å². The highest BCUT2D eigenvalue weighted by atomic mass is 16.5. The molecule has 2 heterocycles. The highest BCUT2D eigenvalue weighted by Crippen LogP contribution is 2.02. The molecule has 2 radical (unpaired) electrons. The second-order valence-corrected chi connectivity index (χ2v) is 3.32. The summed E-state index contributed by atoms with van der Waals surface area (Å²) in [7, 11) is 0. The maximum absolute atomic E-state index is 5.43. The first-order valence-electron chi connectivity index (χ1n) is 5.12. The number of aromatic nitrogens is 1. The number of nitrogens with zero attached hydrogens (tertiary/aromatic N) is 2. The third-order valence-corrected chi connectivity index (χ3v) is 2.28. The van der Waals surface area contributed by atoms with Crippen LogP contribution in [0.5, 0.6) is 5.88 Å².